The molecule has 0 atom stereocenters. The quantitative estimate of drug-likeness (QED) is 0.306. The van der Waals surface area contributed by atoms with Gasteiger partial charge in [-0.05, 0) is 12.5 Å². The number of aromatic nitrogens is 4. The van der Waals surface area contributed by atoms with Gasteiger partial charge in [0, 0.05) is 11.9 Å². The number of amides is 1. The average Bonchev–Trinajstić information content (AvgIpc) is 3.00. The van der Waals surface area contributed by atoms with Crippen molar-refractivity contribution in [3.8, 4) is 0 Å². The Labute approximate surface area is 154 Å². The van der Waals surface area contributed by atoms with Crippen LogP contribution in [-0.4, -0.2) is 37.6 Å². The number of nitrogens with one attached hydrogen (secondary N) is 1. The molecule has 2 aromatic rings. The second-order valence-electron chi connectivity index (χ2n) is 4.63. The number of nitrogens with zero attached hydrogens (tertiary/aromatic N) is 4. The van der Waals surface area contributed by atoms with E-state index in [0.29, 0.717) is 5.13 Å². The molecule has 0 bridgehead atoms. The predicted molar refractivity (Wildman–Crippen MR) is 91.9 cm³/mol. The van der Waals surface area contributed by atoms with Crippen LogP contribution < -0.4 is 5.32 Å². The second-order valence-corrected chi connectivity index (χ2v) is 7.90. The topological polar surface area (TPSA) is 80.7 Å². The van der Waals surface area contributed by atoms with Gasteiger partial charge in [0.1, 0.15) is 5.69 Å². The fourth-order valence-corrected chi connectivity index (χ4v) is 4.03. The summed E-state index contributed by atoms with van der Waals surface area (Å²) in [5, 5.41) is 10.6. The lowest BCUT2D eigenvalue weighted by molar-refractivity contribution is -0.141. The van der Waals surface area contributed by atoms with Crippen molar-refractivity contribution in [3.05, 3.63) is 18.0 Å². The molecule has 1 N–H and O–H groups in total. The first-order valence-electron chi connectivity index (χ1n) is 7.17. The summed E-state index contributed by atoms with van der Waals surface area (Å²) in [5.74, 6) is 0.397. The highest BCUT2D eigenvalue weighted by molar-refractivity contribution is 8.01. The van der Waals surface area contributed by atoms with Crippen molar-refractivity contribution in [2.75, 3.05) is 16.8 Å². The summed E-state index contributed by atoms with van der Waals surface area (Å²) in [6.07, 6.45) is -1.37. The lowest BCUT2D eigenvalue weighted by atomic mass is 10.4. The van der Waals surface area contributed by atoms with Crippen LogP contribution in [0.25, 0.3) is 0 Å². The summed E-state index contributed by atoms with van der Waals surface area (Å²) in [4.78, 5) is 19.0. The predicted octanol–water partition coefficient (Wildman–Crippen LogP) is 3.97. The van der Waals surface area contributed by atoms with Crippen molar-refractivity contribution in [1.82, 2.24) is 20.2 Å². The fourth-order valence-electron chi connectivity index (χ4n) is 1.48. The molecule has 12 heteroatoms. The van der Waals surface area contributed by atoms with Gasteiger partial charge in [0.15, 0.2) is 9.50 Å². The van der Waals surface area contributed by atoms with E-state index in [9.17, 15) is 18.0 Å². The Bertz CT molecular complexity index is 710. The monoisotopic (exact) mass is 409 g/mol. The minimum atomic E-state index is -4.54. The largest absolute Gasteiger partial charge is 0.433 e. The van der Waals surface area contributed by atoms with E-state index in [1.54, 1.807) is 11.8 Å². The number of rotatable bonds is 8. The van der Waals surface area contributed by atoms with Crippen molar-refractivity contribution < 1.29 is 18.0 Å². The maximum Gasteiger partial charge on any atom is 0.433 e. The molecule has 0 unspecified atom stereocenters. The van der Waals surface area contributed by atoms with Gasteiger partial charge in [0.25, 0.3) is 0 Å². The van der Waals surface area contributed by atoms with Crippen molar-refractivity contribution in [2.45, 2.75) is 35.4 Å². The Morgan fingerprint density at radius 2 is 2.12 bits per heavy atom. The molecule has 0 saturated carbocycles. The van der Waals surface area contributed by atoms with Crippen LogP contribution in [0.4, 0.5) is 18.3 Å². The summed E-state index contributed by atoms with van der Waals surface area (Å²) < 4.78 is 38.5. The molecule has 1 amide bonds. The first-order valence-corrected chi connectivity index (χ1v) is 9.96. The molecule has 0 aliphatic carbocycles. The number of carbonyl (C=O) groups excluding carboxylic acids is 1. The van der Waals surface area contributed by atoms with Crippen LogP contribution in [-0.2, 0) is 11.0 Å². The zero-order chi connectivity index (χ0) is 18.3. The van der Waals surface area contributed by atoms with Crippen LogP contribution >= 0.6 is 34.9 Å². The number of carbonyl (C=O) groups is 1. The van der Waals surface area contributed by atoms with E-state index in [-0.39, 0.29) is 10.9 Å². The summed E-state index contributed by atoms with van der Waals surface area (Å²) in [6, 6.07) is 0.781. The average molecular weight is 409 g/mol. The van der Waals surface area contributed by atoms with Gasteiger partial charge in [-0.15, -0.1) is 10.2 Å². The molecule has 0 fully saturated rings. The van der Waals surface area contributed by atoms with Crippen LogP contribution in [0.2, 0.25) is 0 Å². The third kappa shape index (κ3) is 6.78. The number of thioether (sulfide) groups is 2. The zero-order valence-electron chi connectivity index (χ0n) is 13.0. The van der Waals surface area contributed by atoms with Crippen molar-refractivity contribution >= 4 is 45.9 Å². The highest BCUT2D eigenvalue weighted by Crippen LogP contribution is 2.29. The number of halogens is 3. The molecular weight excluding hydrogens is 395 g/mol. The Balaban J connectivity index is 1.83. The molecular formula is C13H14F3N5OS3. The van der Waals surface area contributed by atoms with Crippen LogP contribution in [0.1, 0.15) is 25.5 Å². The molecule has 2 rings (SSSR count). The van der Waals surface area contributed by atoms with Gasteiger partial charge in [0.05, 0.1) is 5.75 Å². The molecule has 25 heavy (non-hydrogen) atoms. The molecule has 0 spiro atoms. The SMILES string of the molecule is CCCCSc1nnc(NC(=O)CSc2nccc(C(F)(F)F)n2)s1. The van der Waals surface area contributed by atoms with Gasteiger partial charge in [-0.1, -0.05) is 48.2 Å². The Morgan fingerprint density at radius 1 is 1.32 bits per heavy atom. The van der Waals surface area contributed by atoms with Crippen molar-refractivity contribution in [1.29, 1.82) is 0 Å². The highest BCUT2D eigenvalue weighted by atomic mass is 32.2. The normalized spacial score (nSPS) is 11.5. The van der Waals surface area contributed by atoms with E-state index < -0.39 is 17.8 Å². The first kappa shape index (κ1) is 19.9. The highest BCUT2D eigenvalue weighted by Gasteiger charge is 2.32. The molecule has 136 valence electrons. The van der Waals surface area contributed by atoms with Gasteiger partial charge in [0.2, 0.25) is 11.0 Å². The number of alkyl halides is 3. The zero-order valence-corrected chi connectivity index (χ0v) is 15.5. The fraction of sp³-hybridized carbons (Fsp3) is 0.462. The Kier molecular flexibility index (Phi) is 7.44. The minimum Gasteiger partial charge on any atom is -0.300 e. The van der Waals surface area contributed by atoms with Gasteiger partial charge in [-0.25, -0.2) is 9.97 Å². The molecule has 0 aliphatic heterocycles. The van der Waals surface area contributed by atoms with Gasteiger partial charge in [-0.3, -0.25) is 10.1 Å². The third-order valence-electron chi connectivity index (χ3n) is 2.63. The molecule has 0 saturated heterocycles. The minimum absolute atomic E-state index is 0.113. The molecule has 6 nitrogen and oxygen atoms in total. The summed E-state index contributed by atoms with van der Waals surface area (Å²) in [6.45, 7) is 2.10. The lowest BCUT2D eigenvalue weighted by Crippen LogP contribution is -2.14. The van der Waals surface area contributed by atoms with Crippen LogP contribution in [0, 0.1) is 0 Å². The lowest BCUT2D eigenvalue weighted by Gasteiger charge is -2.06. The van der Waals surface area contributed by atoms with E-state index in [2.05, 4.69) is 32.4 Å². The van der Waals surface area contributed by atoms with E-state index >= 15 is 0 Å². The smallest absolute Gasteiger partial charge is 0.300 e. The van der Waals surface area contributed by atoms with Crippen LogP contribution in [0.15, 0.2) is 21.8 Å². The van der Waals surface area contributed by atoms with Crippen molar-refractivity contribution in [3.63, 3.8) is 0 Å². The Morgan fingerprint density at radius 3 is 2.84 bits per heavy atom. The van der Waals surface area contributed by atoms with E-state index in [0.717, 1.165) is 47.0 Å². The third-order valence-corrected chi connectivity index (χ3v) is 5.55. The van der Waals surface area contributed by atoms with Gasteiger partial charge < -0.3 is 0 Å². The first-order chi connectivity index (χ1) is 11.9. The molecule has 0 aromatic carbocycles. The number of hydrogen-bond donors (Lipinski definition) is 1. The number of hydrogen-bond acceptors (Lipinski definition) is 8. The second kappa shape index (κ2) is 9.34. The summed E-state index contributed by atoms with van der Waals surface area (Å²) >= 11 is 3.65. The van der Waals surface area contributed by atoms with Crippen molar-refractivity contribution in [2.24, 2.45) is 0 Å². The maximum atomic E-state index is 12.6. The molecule has 0 radical (unpaired) electrons. The number of anilines is 1. The van der Waals surface area contributed by atoms with E-state index in [4.69, 9.17) is 0 Å². The Hall–Kier alpha value is -1.40. The molecule has 2 aromatic heterocycles. The van der Waals surface area contributed by atoms with Crippen LogP contribution in [0.5, 0.6) is 0 Å². The van der Waals surface area contributed by atoms with E-state index in [1.807, 2.05) is 0 Å². The number of unbranched alkanes of at least 4 members (excludes halogenated alkanes) is 1. The van der Waals surface area contributed by atoms with Crippen LogP contribution in [0.3, 0.4) is 0 Å². The van der Waals surface area contributed by atoms with Gasteiger partial charge in [-0.2, -0.15) is 13.2 Å². The summed E-state index contributed by atoms with van der Waals surface area (Å²) in [7, 11) is 0. The standard InChI is InChI=1S/C13H14F3N5OS3/c1-2-3-6-23-12-21-20-11(25-12)19-9(22)7-24-10-17-5-4-8(18-10)13(14,15)16/h4-5H,2-3,6-7H2,1H3,(H,19,20,22). The molecule has 0 aliphatic rings. The van der Waals surface area contributed by atoms with Gasteiger partial charge >= 0.3 is 6.18 Å². The molecule has 2 heterocycles. The van der Waals surface area contributed by atoms with E-state index in [1.165, 1.54) is 11.3 Å². The maximum absolute atomic E-state index is 12.6. The summed E-state index contributed by atoms with van der Waals surface area (Å²) in [5.41, 5.74) is -1.04.